The Morgan fingerprint density at radius 1 is 1.53 bits per heavy atom. The first-order valence-electron chi connectivity index (χ1n) is 5.63. The van der Waals surface area contributed by atoms with Gasteiger partial charge in [0.2, 0.25) is 5.91 Å². The van der Waals surface area contributed by atoms with Crippen molar-refractivity contribution in [2.75, 3.05) is 6.54 Å². The van der Waals surface area contributed by atoms with Gasteiger partial charge in [-0.25, -0.2) is 4.79 Å². The van der Waals surface area contributed by atoms with Gasteiger partial charge < -0.3 is 10.0 Å². The van der Waals surface area contributed by atoms with E-state index in [9.17, 15) is 9.59 Å². The van der Waals surface area contributed by atoms with Crippen molar-refractivity contribution in [1.29, 1.82) is 0 Å². The number of amides is 1. The molecule has 1 saturated heterocycles. The van der Waals surface area contributed by atoms with Gasteiger partial charge in [-0.2, -0.15) is 5.10 Å². The van der Waals surface area contributed by atoms with E-state index in [4.69, 9.17) is 5.11 Å². The predicted octanol–water partition coefficient (Wildman–Crippen LogP) is 0.520. The maximum atomic E-state index is 12.2. The summed E-state index contributed by atoms with van der Waals surface area (Å²) in [5, 5.41) is 13.0. The van der Waals surface area contributed by atoms with Crippen LogP contribution in [-0.2, 0) is 9.59 Å². The van der Waals surface area contributed by atoms with E-state index in [1.54, 1.807) is 30.1 Å². The molecule has 1 aliphatic rings. The summed E-state index contributed by atoms with van der Waals surface area (Å²) in [6.07, 6.45) is 4.58. The summed E-state index contributed by atoms with van der Waals surface area (Å²) < 4.78 is 1.54. The van der Waals surface area contributed by atoms with Crippen molar-refractivity contribution in [2.45, 2.75) is 31.8 Å². The van der Waals surface area contributed by atoms with Gasteiger partial charge in [-0.15, -0.1) is 0 Å². The molecule has 2 heterocycles. The SMILES string of the molecule is CC(C(=O)N1CCC[C@@H]1C(=O)O)n1cccn1. The minimum Gasteiger partial charge on any atom is -0.480 e. The number of carbonyl (C=O) groups excluding carboxylic acids is 1. The number of hydrogen-bond acceptors (Lipinski definition) is 3. The maximum absolute atomic E-state index is 12.2. The number of aromatic nitrogens is 2. The van der Waals surface area contributed by atoms with Crippen LogP contribution >= 0.6 is 0 Å². The van der Waals surface area contributed by atoms with Crippen LogP contribution in [0.2, 0.25) is 0 Å². The molecule has 1 fully saturated rings. The third-order valence-electron chi connectivity index (χ3n) is 3.10. The van der Waals surface area contributed by atoms with Crippen molar-refractivity contribution in [2.24, 2.45) is 0 Å². The lowest BCUT2D eigenvalue weighted by Crippen LogP contribution is -2.43. The Balaban J connectivity index is 2.12. The van der Waals surface area contributed by atoms with E-state index in [0.717, 1.165) is 6.42 Å². The molecule has 6 nitrogen and oxygen atoms in total. The lowest BCUT2D eigenvalue weighted by molar-refractivity contribution is -0.149. The molecule has 6 heteroatoms. The Morgan fingerprint density at radius 2 is 2.29 bits per heavy atom. The first kappa shape index (κ1) is 11.6. The van der Waals surface area contributed by atoms with Gasteiger partial charge in [-0.1, -0.05) is 0 Å². The quantitative estimate of drug-likeness (QED) is 0.831. The number of aliphatic carboxylic acids is 1. The highest BCUT2D eigenvalue weighted by Crippen LogP contribution is 2.21. The first-order chi connectivity index (χ1) is 8.11. The summed E-state index contributed by atoms with van der Waals surface area (Å²) in [7, 11) is 0. The van der Waals surface area contributed by atoms with Gasteiger partial charge in [0.15, 0.2) is 0 Å². The Labute approximate surface area is 98.8 Å². The van der Waals surface area contributed by atoms with Gasteiger partial charge in [0, 0.05) is 18.9 Å². The van der Waals surface area contributed by atoms with Crippen LogP contribution in [0.15, 0.2) is 18.5 Å². The number of nitrogens with zero attached hydrogens (tertiary/aromatic N) is 3. The first-order valence-corrected chi connectivity index (χ1v) is 5.63. The topological polar surface area (TPSA) is 75.4 Å². The fourth-order valence-electron chi connectivity index (χ4n) is 2.15. The van der Waals surface area contributed by atoms with Gasteiger partial charge in [-0.05, 0) is 25.8 Å². The lowest BCUT2D eigenvalue weighted by Gasteiger charge is -2.24. The lowest BCUT2D eigenvalue weighted by atomic mass is 10.2. The summed E-state index contributed by atoms with van der Waals surface area (Å²) in [6, 6.07) is 0.605. The van der Waals surface area contributed by atoms with Gasteiger partial charge in [0.05, 0.1) is 0 Å². The van der Waals surface area contributed by atoms with Crippen molar-refractivity contribution < 1.29 is 14.7 Å². The summed E-state index contributed by atoms with van der Waals surface area (Å²) in [5.41, 5.74) is 0. The molecule has 0 spiro atoms. The Bertz CT molecular complexity index is 416. The molecule has 2 rings (SSSR count). The molecule has 1 N–H and O–H groups in total. The van der Waals surface area contributed by atoms with Crippen molar-refractivity contribution in [3.05, 3.63) is 18.5 Å². The highest BCUT2D eigenvalue weighted by atomic mass is 16.4. The third kappa shape index (κ3) is 2.15. The van der Waals surface area contributed by atoms with E-state index < -0.39 is 18.1 Å². The molecule has 1 aromatic rings. The summed E-state index contributed by atoms with van der Waals surface area (Å²) >= 11 is 0. The molecule has 2 atom stereocenters. The summed E-state index contributed by atoms with van der Waals surface area (Å²) in [6.45, 7) is 2.24. The van der Waals surface area contributed by atoms with E-state index in [1.807, 2.05) is 0 Å². The molecule has 1 unspecified atom stereocenters. The molecule has 0 aliphatic carbocycles. The molecule has 0 bridgehead atoms. The van der Waals surface area contributed by atoms with Crippen molar-refractivity contribution >= 4 is 11.9 Å². The Morgan fingerprint density at radius 3 is 2.88 bits per heavy atom. The average molecular weight is 237 g/mol. The van der Waals surface area contributed by atoms with Gasteiger partial charge in [0.1, 0.15) is 12.1 Å². The molecule has 0 aromatic carbocycles. The second kappa shape index (κ2) is 4.57. The van der Waals surface area contributed by atoms with Crippen LogP contribution in [0.25, 0.3) is 0 Å². The molecule has 92 valence electrons. The van der Waals surface area contributed by atoms with Crippen LogP contribution < -0.4 is 0 Å². The summed E-state index contributed by atoms with van der Waals surface area (Å²) in [5.74, 6) is -1.11. The Hall–Kier alpha value is -1.85. The second-order valence-corrected chi connectivity index (χ2v) is 4.19. The number of carbonyl (C=O) groups is 2. The molecular formula is C11H15N3O3. The molecule has 1 amide bonds. The smallest absolute Gasteiger partial charge is 0.326 e. The van der Waals surface area contributed by atoms with Gasteiger partial charge in [0.25, 0.3) is 0 Å². The predicted molar refractivity (Wildman–Crippen MR) is 59.3 cm³/mol. The van der Waals surface area contributed by atoms with E-state index in [0.29, 0.717) is 13.0 Å². The molecule has 1 aromatic heterocycles. The van der Waals surface area contributed by atoms with Crippen LogP contribution in [0.5, 0.6) is 0 Å². The fraction of sp³-hybridized carbons (Fsp3) is 0.545. The largest absolute Gasteiger partial charge is 0.480 e. The number of carboxylic acid groups (broad SMARTS) is 1. The number of likely N-dealkylation sites (tertiary alicyclic amines) is 1. The minimum atomic E-state index is -0.927. The van der Waals surface area contributed by atoms with Crippen LogP contribution in [0.1, 0.15) is 25.8 Å². The molecule has 0 saturated carbocycles. The molecular weight excluding hydrogens is 222 g/mol. The van der Waals surface area contributed by atoms with Gasteiger partial charge in [-0.3, -0.25) is 9.48 Å². The van der Waals surface area contributed by atoms with E-state index in [1.165, 1.54) is 4.90 Å². The van der Waals surface area contributed by atoms with Crippen molar-refractivity contribution in [1.82, 2.24) is 14.7 Å². The van der Waals surface area contributed by atoms with Crippen molar-refractivity contribution in [3.8, 4) is 0 Å². The van der Waals surface area contributed by atoms with Gasteiger partial charge >= 0.3 is 5.97 Å². The Kier molecular flexibility index (Phi) is 3.12. The molecule has 0 radical (unpaired) electrons. The highest BCUT2D eigenvalue weighted by molar-refractivity contribution is 5.86. The molecule has 1 aliphatic heterocycles. The van der Waals surface area contributed by atoms with E-state index >= 15 is 0 Å². The standard InChI is InChI=1S/C11H15N3O3/c1-8(14-7-3-5-12-14)10(15)13-6-2-4-9(13)11(16)17/h3,5,7-9H,2,4,6H2,1H3,(H,16,17)/t8?,9-/m1/s1. The van der Waals surface area contributed by atoms with E-state index in [-0.39, 0.29) is 5.91 Å². The number of carboxylic acids is 1. The van der Waals surface area contributed by atoms with Crippen LogP contribution in [0, 0.1) is 0 Å². The average Bonchev–Trinajstić information content (AvgIpc) is 2.97. The third-order valence-corrected chi connectivity index (χ3v) is 3.10. The highest BCUT2D eigenvalue weighted by Gasteiger charge is 2.36. The van der Waals surface area contributed by atoms with Crippen LogP contribution in [0.4, 0.5) is 0 Å². The van der Waals surface area contributed by atoms with Crippen LogP contribution in [-0.4, -0.2) is 44.3 Å². The zero-order valence-electron chi connectivity index (χ0n) is 9.61. The zero-order chi connectivity index (χ0) is 12.4. The van der Waals surface area contributed by atoms with E-state index in [2.05, 4.69) is 5.10 Å². The fourth-order valence-corrected chi connectivity index (χ4v) is 2.15. The second-order valence-electron chi connectivity index (χ2n) is 4.19. The zero-order valence-corrected chi connectivity index (χ0v) is 9.61. The monoisotopic (exact) mass is 237 g/mol. The minimum absolute atomic E-state index is 0.182. The summed E-state index contributed by atoms with van der Waals surface area (Å²) in [4.78, 5) is 24.6. The number of hydrogen-bond donors (Lipinski definition) is 1. The normalized spacial score (nSPS) is 21.5. The van der Waals surface area contributed by atoms with Crippen molar-refractivity contribution in [3.63, 3.8) is 0 Å². The van der Waals surface area contributed by atoms with Crippen LogP contribution in [0.3, 0.4) is 0 Å². The number of rotatable bonds is 3. The maximum Gasteiger partial charge on any atom is 0.326 e. The molecule has 17 heavy (non-hydrogen) atoms.